The van der Waals surface area contributed by atoms with E-state index in [0.29, 0.717) is 23.3 Å². The predicted molar refractivity (Wildman–Crippen MR) is 124 cm³/mol. The topological polar surface area (TPSA) is 69.6 Å². The van der Waals surface area contributed by atoms with Crippen LogP contribution in [-0.2, 0) is 23.6 Å². The molecule has 0 spiro atoms. The van der Waals surface area contributed by atoms with E-state index in [0.717, 1.165) is 0 Å². The lowest BCUT2D eigenvalue weighted by atomic mass is 9.82. The second-order valence-corrected chi connectivity index (χ2v) is 9.41. The van der Waals surface area contributed by atoms with E-state index in [1.807, 2.05) is 0 Å². The lowest BCUT2D eigenvalue weighted by molar-refractivity contribution is -0.143. The Morgan fingerprint density at radius 3 is 2.18 bits per heavy atom. The predicted octanol–water partition coefficient (Wildman–Crippen LogP) is 5.83. The zero-order valence-electron chi connectivity index (χ0n) is 20.6. The molecule has 2 aromatic carbocycles. The first-order chi connectivity index (χ1) is 17.6. The van der Waals surface area contributed by atoms with Crippen LogP contribution in [-0.4, -0.2) is 41.0 Å². The minimum atomic E-state index is -4.98. The zero-order valence-corrected chi connectivity index (χ0v) is 20.6. The molecule has 2 aromatic rings. The molecule has 2 N–H and O–H groups in total. The van der Waals surface area contributed by atoms with Gasteiger partial charge in [-0.15, -0.1) is 0 Å². The van der Waals surface area contributed by atoms with Crippen LogP contribution in [0.5, 0.6) is 0 Å². The maximum atomic E-state index is 13.7. The van der Waals surface area contributed by atoms with Gasteiger partial charge in [-0.1, -0.05) is 6.07 Å². The van der Waals surface area contributed by atoms with Gasteiger partial charge in [-0.05, 0) is 80.1 Å². The number of hydrogen-bond donors (Lipinski definition) is 2. The molecule has 0 aliphatic carbocycles. The molecular weight excluding hydrogens is 521 g/mol. The SMILES string of the molecule is Cc1cc(F)ccc1[C@H]1C[C@@H](C(=O)[C@@H](C)O)CCN1C(=O)NCCc1cc(C(F)(F)F)cc(C(F)(F)F)c1. The summed E-state index contributed by atoms with van der Waals surface area (Å²) in [6, 6.07) is 3.94. The van der Waals surface area contributed by atoms with E-state index in [2.05, 4.69) is 5.32 Å². The molecule has 0 bridgehead atoms. The molecule has 1 aliphatic heterocycles. The average molecular weight is 548 g/mol. The third kappa shape index (κ3) is 7.03. The molecular formula is C26H27F7N2O3. The first-order valence-corrected chi connectivity index (χ1v) is 11.9. The van der Waals surface area contributed by atoms with Crippen molar-refractivity contribution in [2.45, 2.75) is 57.6 Å². The van der Waals surface area contributed by atoms with Crippen molar-refractivity contribution in [2.75, 3.05) is 13.1 Å². The second kappa shape index (κ2) is 11.3. The molecule has 0 aromatic heterocycles. The number of halogens is 7. The Morgan fingerprint density at radius 2 is 1.66 bits per heavy atom. The van der Waals surface area contributed by atoms with Gasteiger partial charge in [0.25, 0.3) is 0 Å². The van der Waals surface area contributed by atoms with E-state index >= 15 is 0 Å². The summed E-state index contributed by atoms with van der Waals surface area (Å²) in [6.07, 6.45) is -11.1. The summed E-state index contributed by atoms with van der Waals surface area (Å²) in [5.74, 6) is -1.44. The summed E-state index contributed by atoms with van der Waals surface area (Å²) in [7, 11) is 0. The number of Topliss-reactive ketones (excluding diaryl/α,β-unsaturated/α-hetero) is 1. The van der Waals surface area contributed by atoms with Crippen LogP contribution in [0.3, 0.4) is 0 Å². The quantitative estimate of drug-likeness (QED) is 0.447. The molecule has 0 saturated carbocycles. The van der Waals surface area contributed by atoms with Gasteiger partial charge in [0.05, 0.1) is 17.2 Å². The molecule has 208 valence electrons. The number of rotatable bonds is 6. The molecule has 2 amide bonds. The van der Waals surface area contributed by atoms with Crippen LogP contribution in [0.4, 0.5) is 35.5 Å². The number of nitrogens with zero attached hydrogens (tertiary/aromatic N) is 1. The summed E-state index contributed by atoms with van der Waals surface area (Å²) in [6.45, 7) is 2.83. The van der Waals surface area contributed by atoms with Gasteiger partial charge in [0.1, 0.15) is 11.9 Å². The van der Waals surface area contributed by atoms with Crippen molar-refractivity contribution in [1.29, 1.82) is 0 Å². The highest BCUT2D eigenvalue weighted by molar-refractivity contribution is 5.85. The summed E-state index contributed by atoms with van der Waals surface area (Å²) in [4.78, 5) is 26.9. The Labute approximate surface area is 214 Å². The van der Waals surface area contributed by atoms with Crippen molar-refractivity contribution in [3.05, 3.63) is 70.0 Å². The Bertz CT molecular complexity index is 1150. The number of nitrogens with one attached hydrogen (secondary N) is 1. The fourth-order valence-electron chi connectivity index (χ4n) is 4.69. The number of hydrogen-bond acceptors (Lipinski definition) is 3. The van der Waals surface area contributed by atoms with Gasteiger partial charge < -0.3 is 15.3 Å². The molecule has 0 unspecified atom stereocenters. The number of carbonyl (C=O) groups is 2. The number of aliphatic hydroxyl groups excluding tert-OH is 1. The molecule has 1 aliphatic rings. The highest BCUT2D eigenvalue weighted by atomic mass is 19.4. The molecule has 5 nitrogen and oxygen atoms in total. The smallest absolute Gasteiger partial charge is 0.386 e. The molecule has 12 heteroatoms. The molecule has 38 heavy (non-hydrogen) atoms. The van der Waals surface area contributed by atoms with E-state index in [9.17, 15) is 45.4 Å². The number of benzene rings is 2. The molecule has 3 atom stereocenters. The van der Waals surface area contributed by atoms with Crippen molar-refractivity contribution in [2.24, 2.45) is 5.92 Å². The van der Waals surface area contributed by atoms with Crippen molar-refractivity contribution in [3.63, 3.8) is 0 Å². The fourth-order valence-corrected chi connectivity index (χ4v) is 4.69. The summed E-state index contributed by atoms with van der Waals surface area (Å²) in [5.41, 5.74) is -2.02. The van der Waals surface area contributed by atoms with E-state index in [-0.39, 0.29) is 49.8 Å². The normalized spacial score (nSPS) is 19.3. The number of ketones is 1. The van der Waals surface area contributed by atoms with E-state index in [1.54, 1.807) is 6.92 Å². The first-order valence-electron chi connectivity index (χ1n) is 11.9. The fraction of sp³-hybridized carbons (Fsp3) is 0.462. The van der Waals surface area contributed by atoms with Crippen LogP contribution >= 0.6 is 0 Å². The summed E-state index contributed by atoms with van der Waals surface area (Å²) < 4.78 is 92.4. The van der Waals surface area contributed by atoms with E-state index in [4.69, 9.17) is 0 Å². The van der Waals surface area contributed by atoms with Gasteiger partial charge in [-0.25, -0.2) is 9.18 Å². The molecule has 3 rings (SSSR count). The van der Waals surface area contributed by atoms with Crippen molar-refractivity contribution < 1.29 is 45.4 Å². The number of likely N-dealkylation sites (tertiary alicyclic amines) is 1. The van der Waals surface area contributed by atoms with Crippen molar-refractivity contribution >= 4 is 11.8 Å². The lowest BCUT2D eigenvalue weighted by Crippen LogP contribution is -2.48. The summed E-state index contributed by atoms with van der Waals surface area (Å²) in [5, 5.41) is 12.3. The van der Waals surface area contributed by atoms with Crippen LogP contribution in [0.1, 0.15) is 53.6 Å². The van der Waals surface area contributed by atoms with Crippen molar-refractivity contribution in [3.8, 4) is 0 Å². The van der Waals surface area contributed by atoms with Gasteiger partial charge in [0.15, 0.2) is 5.78 Å². The molecule has 1 saturated heterocycles. The Hall–Kier alpha value is -3.15. The van der Waals surface area contributed by atoms with E-state index in [1.165, 1.54) is 30.0 Å². The molecule has 1 heterocycles. The summed E-state index contributed by atoms with van der Waals surface area (Å²) >= 11 is 0. The Balaban J connectivity index is 1.78. The largest absolute Gasteiger partial charge is 0.416 e. The number of aryl methyl sites for hydroxylation is 1. The highest BCUT2D eigenvalue weighted by Crippen LogP contribution is 2.38. The third-order valence-electron chi connectivity index (χ3n) is 6.61. The number of urea groups is 1. The van der Waals surface area contributed by atoms with Crippen LogP contribution in [0.15, 0.2) is 36.4 Å². The molecule has 0 radical (unpaired) electrons. The van der Waals surface area contributed by atoms with Gasteiger partial charge in [-0.3, -0.25) is 4.79 Å². The molecule has 1 fully saturated rings. The van der Waals surface area contributed by atoms with Gasteiger partial charge in [-0.2, -0.15) is 26.3 Å². The van der Waals surface area contributed by atoms with Crippen LogP contribution in [0.25, 0.3) is 0 Å². The second-order valence-electron chi connectivity index (χ2n) is 9.41. The van der Waals surface area contributed by atoms with Gasteiger partial charge in [0.2, 0.25) is 0 Å². The lowest BCUT2D eigenvalue weighted by Gasteiger charge is -2.40. The number of aliphatic hydroxyl groups is 1. The maximum Gasteiger partial charge on any atom is 0.416 e. The highest BCUT2D eigenvalue weighted by Gasteiger charge is 2.38. The van der Waals surface area contributed by atoms with Crippen molar-refractivity contribution in [1.82, 2.24) is 10.2 Å². The van der Waals surface area contributed by atoms with Gasteiger partial charge >= 0.3 is 18.4 Å². The monoisotopic (exact) mass is 548 g/mol. The van der Waals surface area contributed by atoms with E-state index < -0.39 is 53.4 Å². The Morgan fingerprint density at radius 1 is 1.05 bits per heavy atom. The Kier molecular flexibility index (Phi) is 8.75. The number of amides is 2. The number of carbonyl (C=O) groups excluding carboxylic acids is 2. The first kappa shape index (κ1) is 29.4. The van der Waals surface area contributed by atoms with Crippen LogP contribution < -0.4 is 5.32 Å². The van der Waals surface area contributed by atoms with Crippen LogP contribution in [0.2, 0.25) is 0 Å². The minimum Gasteiger partial charge on any atom is -0.386 e. The number of piperidine rings is 1. The number of alkyl halides is 6. The average Bonchev–Trinajstić information content (AvgIpc) is 2.82. The minimum absolute atomic E-state index is 0.0381. The zero-order chi connectivity index (χ0) is 28.4. The standard InChI is InChI=1S/C26H27F7N2O3/c1-14-9-20(27)3-4-21(14)22-12-17(23(37)15(2)36)6-8-35(22)24(38)34-7-5-16-10-18(25(28,29)30)13-19(11-16)26(31,32)33/h3-4,9-11,13,15,17,22,36H,5-8,12H2,1-2H3,(H,34,38)/t15-,17+,22-/m1/s1. The third-order valence-corrected chi connectivity index (χ3v) is 6.61. The van der Waals surface area contributed by atoms with Crippen LogP contribution in [0, 0.1) is 18.7 Å². The maximum absolute atomic E-state index is 13.7. The van der Waals surface area contributed by atoms with Gasteiger partial charge in [0, 0.05) is 19.0 Å².